The number of hydrogen-bond donors (Lipinski definition) is 2. The summed E-state index contributed by atoms with van der Waals surface area (Å²) in [5.74, 6) is -2.17. The molecule has 55 heavy (non-hydrogen) atoms. The van der Waals surface area contributed by atoms with E-state index in [4.69, 9.17) is 4.74 Å². The fourth-order valence-corrected chi connectivity index (χ4v) is 8.01. The lowest BCUT2D eigenvalue weighted by atomic mass is 9.64. The number of rotatable bonds is 9. The third-order valence-corrected chi connectivity index (χ3v) is 10.6. The zero-order valence-corrected chi connectivity index (χ0v) is 31.1. The fourth-order valence-electron chi connectivity index (χ4n) is 7.39. The van der Waals surface area contributed by atoms with E-state index in [0.717, 1.165) is 11.2 Å². The Morgan fingerprint density at radius 2 is 1.38 bits per heavy atom. The van der Waals surface area contributed by atoms with Gasteiger partial charge in [-0.25, -0.2) is 28.8 Å². The summed E-state index contributed by atoms with van der Waals surface area (Å²) in [4.78, 5) is 63.8. The predicted octanol–water partition coefficient (Wildman–Crippen LogP) is 7.69. The zero-order chi connectivity index (χ0) is 38.9. The molecular formula is C42H30FIN4O7. The highest BCUT2D eigenvalue weighted by atomic mass is 127. The van der Waals surface area contributed by atoms with Crippen LogP contribution in [0, 0.1) is 11.8 Å². The molecule has 11 nitrogen and oxygen atoms in total. The minimum absolute atomic E-state index is 0.0412. The molecular weight excluding hydrogens is 818 g/mol. The van der Waals surface area contributed by atoms with E-state index in [-0.39, 0.29) is 54.7 Å². The van der Waals surface area contributed by atoms with E-state index in [1.807, 2.05) is 22.6 Å². The van der Waals surface area contributed by atoms with Gasteiger partial charge >= 0.3 is 11.9 Å². The molecule has 1 aliphatic rings. The number of hydrogen-bond acceptors (Lipinski definition) is 7. The number of benzene rings is 4. The maximum atomic E-state index is 17.9. The van der Waals surface area contributed by atoms with Crippen LogP contribution < -0.4 is 4.90 Å². The van der Waals surface area contributed by atoms with Gasteiger partial charge in [0.15, 0.2) is 12.0 Å². The van der Waals surface area contributed by atoms with Crippen molar-refractivity contribution >= 4 is 63.2 Å². The normalized spacial score (nSPS) is 20.3. The number of carbonyl (C=O) groups is 4. The SMILES string of the molecule is CC#C[C@]1(c2ccccc2C(=O)O)C(n2ccc3c(N(C(=O)c4ccccc4)C(=O)c4ccccc4)ncnc32)O[C@](F)(CI)[C@H]1c1ccccc1C(=O)O. The van der Waals surface area contributed by atoms with E-state index in [0.29, 0.717) is 0 Å². The number of nitrogens with zero attached hydrogens (tertiary/aromatic N) is 4. The molecule has 0 spiro atoms. The molecule has 1 fully saturated rings. The van der Waals surface area contributed by atoms with Gasteiger partial charge in [-0.1, -0.05) is 101 Å². The molecule has 2 N–H and O–H groups in total. The number of ether oxygens (including phenoxy) is 1. The number of aromatic nitrogens is 3. The minimum Gasteiger partial charge on any atom is -0.478 e. The molecule has 13 heteroatoms. The number of anilines is 1. The Morgan fingerprint density at radius 3 is 1.96 bits per heavy atom. The van der Waals surface area contributed by atoms with Crippen molar-refractivity contribution in [2.45, 2.75) is 30.3 Å². The van der Waals surface area contributed by atoms with Crippen molar-refractivity contribution < 1.29 is 38.5 Å². The summed E-state index contributed by atoms with van der Waals surface area (Å²) in [5.41, 5.74) is -1.69. The number of imide groups is 1. The molecule has 2 aromatic heterocycles. The van der Waals surface area contributed by atoms with E-state index in [1.54, 1.807) is 78.9 Å². The number of halogens is 2. The van der Waals surface area contributed by atoms with E-state index in [1.165, 1.54) is 54.1 Å². The van der Waals surface area contributed by atoms with Crippen LogP contribution in [0.3, 0.4) is 0 Å². The van der Waals surface area contributed by atoms with Crippen molar-refractivity contribution in [2.75, 3.05) is 9.33 Å². The summed E-state index contributed by atoms with van der Waals surface area (Å²) in [7, 11) is 0. The van der Waals surface area contributed by atoms with Crippen LogP contribution in [0.1, 0.15) is 71.6 Å². The van der Waals surface area contributed by atoms with E-state index < -0.39 is 47.2 Å². The average Bonchev–Trinajstić information content (AvgIpc) is 3.76. The summed E-state index contributed by atoms with van der Waals surface area (Å²) in [5, 5.41) is 21.0. The lowest BCUT2D eigenvalue weighted by Crippen LogP contribution is -2.42. The zero-order valence-electron chi connectivity index (χ0n) is 29.0. The third kappa shape index (κ3) is 6.22. The van der Waals surface area contributed by atoms with Gasteiger partial charge in [0.2, 0.25) is 5.85 Å². The van der Waals surface area contributed by atoms with Crippen LogP contribution in [0.15, 0.2) is 128 Å². The Labute approximate surface area is 327 Å². The standard InChI is InChI=1S/C42H30FIN4O7/c1-2-22-41(32-20-12-11-19-30(32)39(53)54)33(28-17-9-10-18-29(28)38(51)52)42(43,24-44)55-40(41)47-23-21-31-34(47)45-25-46-35(31)48(36(49)26-13-5-3-6-14-26)37(50)27-15-7-4-8-16-27/h3-21,23,25,33,40H,24H2,1H3,(H,51,52)(H,53,54)/t33-,40?,41+,42+/m0/s1. The number of aromatic carboxylic acids is 2. The molecule has 1 unspecified atom stereocenters. The molecule has 274 valence electrons. The first-order chi connectivity index (χ1) is 26.6. The molecule has 3 heterocycles. The van der Waals surface area contributed by atoms with Gasteiger partial charge in [0.25, 0.3) is 11.8 Å². The smallest absolute Gasteiger partial charge is 0.336 e. The topological polar surface area (TPSA) is 152 Å². The Bertz CT molecular complexity index is 2490. The quantitative estimate of drug-likeness (QED) is 0.0646. The first kappa shape index (κ1) is 37.1. The van der Waals surface area contributed by atoms with Gasteiger partial charge in [0.05, 0.1) is 26.9 Å². The number of carboxylic acid groups (broad SMARTS) is 2. The van der Waals surface area contributed by atoms with Crippen molar-refractivity contribution in [2.24, 2.45) is 0 Å². The molecule has 6 aromatic rings. The van der Waals surface area contributed by atoms with Crippen molar-refractivity contribution in [3.8, 4) is 11.8 Å². The van der Waals surface area contributed by atoms with Crippen LogP contribution in [0.4, 0.5) is 10.2 Å². The van der Waals surface area contributed by atoms with Gasteiger partial charge in [-0.2, -0.15) is 0 Å². The van der Waals surface area contributed by atoms with Crippen LogP contribution in [-0.2, 0) is 10.2 Å². The Balaban J connectivity index is 1.52. The largest absolute Gasteiger partial charge is 0.478 e. The summed E-state index contributed by atoms with van der Waals surface area (Å²) in [6.07, 6.45) is 1.18. The van der Waals surface area contributed by atoms with Gasteiger partial charge in [0, 0.05) is 17.3 Å². The monoisotopic (exact) mass is 848 g/mol. The maximum Gasteiger partial charge on any atom is 0.336 e. The van der Waals surface area contributed by atoms with Crippen molar-refractivity contribution in [3.63, 3.8) is 0 Å². The maximum absolute atomic E-state index is 17.9. The molecule has 2 amide bonds. The summed E-state index contributed by atoms with van der Waals surface area (Å²) in [6, 6.07) is 29.9. The van der Waals surface area contributed by atoms with Crippen molar-refractivity contribution in [1.82, 2.24) is 14.5 Å². The predicted molar refractivity (Wildman–Crippen MR) is 209 cm³/mol. The van der Waals surface area contributed by atoms with Crippen LogP contribution in [0.2, 0.25) is 0 Å². The highest BCUT2D eigenvalue weighted by Crippen LogP contribution is 2.62. The van der Waals surface area contributed by atoms with Gasteiger partial charge in [-0.3, -0.25) is 9.59 Å². The van der Waals surface area contributed by atoms with Crippen molar-refractivity contribution in [1.29, 1.82) is 0 Å². The number of alkyl halides is 2. The summed E-state index contributed by atoms with van der Waals surface area (Å²) in [6.45, 7) is 1.51. The summed E-state index contributed by atoms with van der Waals surface area (Å²) >= 11 is 1.82. The van der Waals surface area contributed by atoms with Gasteiger partial charge in [0.1, 0.15) is 17.4 Å². The molecule has 7 rings (SSSR count). The van der Waals surface area contributed by atoms with Crippen LogP contribution in [0.5, 0.6) is 0 Å². The van der Waals surface area contributed by atoms with Crippen LogP contribution >= 0.6 is 22.6 Å². The second-order valence-corrected chi connectivity index (χ2v) is 13.4. The lowest BCUT2D eigenvalue weighted by molar-refractivity contribution is -0.143. The fraction of sp³-hybridized carbons (Fsp3) is 0.143. The molecule has 0 bridgehead atoms. The minimum atomic E-state index is -2.63. The third-order valence-electron chi connectivity index (χ3n) is 9.60. The number of carboxylic acids is 2. The van der Waals surface area contributed by atoms with Crippen LogP contribution in [0.25, 0.3) is 11.0 Å². The second kappa shape index (κ2) is 14.9. The first-order valence-corrected chi connectivity index (χ1v) is 18.4. The Morgan fingerprint density at radius 1 is 0.818 bits per heavy atom. The van der Waals surface area contributed by atoms with Gasteiger partial charge in [-0.15, -0.1) is 5.92 Å². The molecule has 0 saturated carbocycles. The Kier molecular flexibility index (Phi) is 10.0. The molecule has 1 saturated heterocycles. The second-order valence-electron chi connectivity index (χ2n) is 12.6. The van der Waals surface area contributed by atoms with Gasteiger partial charge in [-0.05, 0) is 60.5 Å². The van der Waals surface area contributed by atoms with E-state index in [9.17, 15) is 29.4 Å². The van der Waals surface area contributed by atoms with E-state index >= 15 is 4.39 Å². The van der Waals surface area contributed by atoms with Crippen molar-refractivity contribution in [3.05, 3.63) is 161 Å². The lowest BCUT2D eigenvalue weighted by Gasteiger charge is -2.37. The highest BCUT2D eigenvalue weighted by Gasteiger charge is 2.67. The number of amides is 2. The van der Waals surface area contributed by atoms with Crippen LogP contribution in [-0.4, -0.2) is 58.8 Å². The first-order valence-electron chi connectivity index (χ1n) is 16.9. The Hall–Kier alpha value is -6.24. The molecule has 0 radical (unpaired) electrons. The van der Waals surface area contributed by atoms with E-state index in [2.05, 4.69) is 21.8 Å². The molecule has 4 aromatic carbocycles. The number of fused-ring (bicyclic) bond motifs is 1. The summed E-state index contributed by atoms with van der Waals surface area (Å²) < 4.78 is 25.5. The highest BCUT2D eigenvalue weighted by molar-refractivity contribution is 14.1. The number of carbonyl (C=O) groups excluding carboxylic acids is 2. The molecule has 1 aliphatic heterocycles. The molecule has 4 atom stereocenters. The molecule has 0 aliphatic carbocycles. The average molecular weight is 849 g/mol. The van der Waals surface area contributed by atoms with Gasteiger partial charge < -0.3 is 19.5 Å².